The molecule has 0 saturated carbocycles. The molecule has 0 aliphatic carbocycles. The number of nitrogens with two attached hydrogens (primary N) is 2. The monoisotopic (exact) mass is 354 g/mol. The second-order valence-corrected chi connectivity index (χ2v) is 5.76. The van der Waals surface area contributed by atoms with E-state index < -0.39 is 17.1 Å². The standard InChI is InChI=1S/C11H24N4O5P2/c1-3-7-17-21(12)19-9-5-14-11(16)15-6-10-20-22(13)18-8-4-2/h3-4H,1-2,5-10,12-13H2,(H2,14,15,16). The lowest BCUT2D eigenvalue weighted by Gasteiger charge is -2.13. The molecule has 22 heavy (non-hydrogen) atoms. The Morgan fingerprint density at radius 1 is 0.909 bits per heavy atom. The molecule has 0 rings (SSSR count). The van der Waals surface area contributed by atoms with Gasteiger partial charge in [-0.2, -0.15) is 0 Å². The summed E-state index contributed by atoms with van der Waals surface area (Å²) in [4.78, 5) is 11.4. The fourth-order valence-corrected chi connectivity index (χ4v) is 2.19. The minimum atomic E-state index is -1.44. The maximum Gasteiger partial charge on any atom is 0.314 e. The first-order chi connectivity index (χ1) is 10.6. The molecule has 0 aliphatic rings. The van der Waals surface area contributed by atoms with Crippen LogP contribution < -0.4 is 21.6 Å². The van der Waals surface area contributed by atoms with E-state index in [9.17, 15) is 4.79 Å². The van der Waals surface area contributed by atoms with E-state index in [0.29, 0.717) is 26.3 Å². The van der Waals surface area contributed by atoms with Crippen LogP contribution in [0.25, 0.3) is 0 Å². The van der Waals surface area contributed by atoms with Crippen molar-refractivity contribution in [1.29, 1.82) is 0 Å². The summed E-state index contributed by atoms with van der Waals surface area (Å²) < 4.78 is 20.4. The predicted octanol–water partition coefficient (Wildman–Crippen LogP) is 1.10. The highest BCUT2D eigenvalue weighted by Crippen LogP contribution is 2.27. The summed E-state index contributed by atoms with van der Waals surface area (Å²) in [7, 11) is -2.88. The number of carbonyl (C=O) groups is 1. The largest absolute Gasteiger partial charge is 0.336 e. The fourth-order valence-electron chi connectivity index (χ4n) is 0.990. The van der Waals surface area contributed by atoms with Gasteiger partial charge in [-0.05, 0) is 0 Å². The van der Waals surface area contributed by atoms with Gasteiger partial charge in [-0.15, -0.1) is 13.2 Å². The molecule has 2 atom stereocenters. The van der Waals surface area contributed by atoms with E-state index in [4.69, 9.17) is 29.1 Å². The number of nitrogens with one attached hydrogen (secondary N) is 2. The van der Waals surface area contributed by atoms with Gasteiger partial charge < -0.3 is 28.7 Å². The zero-order chi connectivity index (χ0) is 16.6. The molecule has 0 saturated heterocycles. The maximum atomic E-state index is 11.4. The van der Waals surface area contributed by atoms with Gasteiger partial charge in [0, 0.05) is 13.1 Å². The zero-order valence-electron chi connectivity index (χ0n) is 12.4. The van der Waals surface area contributed by atoms with Gasteiger partial charge in [-0.25, -0.2) is 4.79 Å². The van der Waals surface area contributed by atoms with Crippen molar-refractivity contribution in [2.45, 2.75) is 0 Å². The van der Waals surface area contributed by atoms with Crippen LogP contribution in [-0.2, 0) is 18.1 Å². The van der Waals surface area contributed by atoms with E-state index in [1.165, 1.54) is 0 Å². The lowest BCUT2D eigenvalue weighted by atomic mass is 10.6. The van der Waals surface area contributed by atoms with Crippen LogP contribution in [0.1, 0.15) is 0 Å². The molecule has 0 bridgehead atoms. The molecular weight excluding hydrogens is 330 g/mol. The van der Waals surface area contributed by atoms with Crippen molar-refractivity contribution >= 4 is 23.1 Å². The second kappa shape index (κ2) is 15.3. The molecule has 128 valence electrons. The lowest BCUT2D eigenvalue weighted by Crippen LogP contribution is -2.38. The van der Waals surface area contributed by atoms with Crippen LogP contribution in [0.4, 0.5) is 4.79 Å². The Morgan fingerprint density at radius 2 is 1.32 bits per heavy atom. The minimum absolute atomic E-state index is 0.257. The van der Waals surface area contributed by atoms with Crippen LogP contribution in [0.15, 0.2) is 25.3 Å². The number of carbonyl (C=O) groups excluding carboxylic acids is 1. The Morgan fingerprint density at radius 3 is 1.68 bits per heavy atom. The summed E-state index contributed by atoms with van der Waals surface area (Å²) in [5, 5.41) is 5.19. The first-order valence-corrected chi connectivity index (χ1v) is 8.94. The number of rotatable bonds is 14. The van der Waals surface area contributed by atoms with Gasteiger partial charge in [0.2, 0.25) is 0 Å². The molecule has 0 aliphatic heterocycles. The Labute approximate surface area is 133 Å². The molecule has 2 unspecified atom stereocenters. The third kappa shape index (κ3) is 14.3. The van der Waals surface area contributed by atoms with Crippen LogP contribution in [0, 0.1) is 0 Å². The molecule has 0 radical (unpaired) electrons. The van der Waals surface area contributed by atoms with Gasteiger partial charge in [0.15, 0.2) is 0 Å². The SMILES string of the molecule is C=CCOP(N)OCCNC(=O)NCCOP(N)OCC=C. The first kappa shape index (κ1) is 21.4. The number of amides is 2. The van der Waals surface area contributed by atoms with E-state index in [1.54, 1.807) is 12.2 Å². The van der Waals surface area contributed by atoms with Gasteiger partial charge in [0.1, 0.15) is 0 Å². The Bertz CT molecular complexity index is 297. The third-order valence-electron chi connectivity index (χ3n) is 1.85. The molecule has 0 aromatic heterocycles. The first-order valence-electron chi connectivity index (χ1n) is 6.45. The molecule has 0 fully saturated rings. The van der Waals surface area contributed by atoms with Crippen molar-refractivity contribution in [1.82, 2.24) is 10.6 Å². The smallest absolute Gasteiger partial charge is 0.314 e. The highest BCUT2D eigenvalue weighted by Gasteiger charge is 2.05. The Hall–Kier alpha value is -0.630. The van der Waals surface area contributed by atoms with Gasteiger partial charge in [-0.1, -0.05) is 12.2 Å². The fraction of sp³-hybridized carbons (Fsp3) is 0.545. The second-order valence-electron chi connectivity index (χ2n) is 3.59. The van der Waals surface area contributed by atoms with E-state index in [1.807, 2.05) is 0 Å². The average molecular weight is 354 g/mol. The number of hydrogen-bond acceptors (Lipinski definition) is 7. The quantitative estimate of drug-likeness (QED) is 0.209. The predicted molar refractivity (Wildman–Crippen MR) is 87.8 cm³/mol. The molecule has 0 heterocycles. The molecule has 6 N–H and O–H groups in total. The van der Waals surface area contributed by atoms with E-state index >= 15 is 0 Å². The zero-order valence-corrected chi connectivity index (χ0v) is 14.2. The summed E-state index contributed by atoms with van der Waals surface area (Å²) in [6.45, 7) is 8.78. The summed E-state index contributed by atoms with van der Waals surface area (Å²) >= 11 is 0. The van der Waals surface area contributed by atoms with Crippen molar-refractivity contribution in [3.05, 3.63) is 25.3 Å². The van der Waals surface area contributed by atoms with Crippen LogP contribution in [0.2, 0.25) is 0 Å². The normalized spacial score (nSPS) is 13.2. The minimum Gasteiger partial charge on any atom is -0.336 e. The van der Waals surface area contributed by atoms with Gasteiger partial charge in [0.05, 0.1) is 26.4 Å². The van der Waals surface area contributed by atoms with Crippen molar-refractivity contribution in [2.24, 2.45) is 11.0 Å². The maximum absolute atomic E-state index is 11.4. The third-order valence-corrected chi connectivity index (χ3v) is 3.53. The van der Waals surface area contributed by atoms with Crippen molar-refractivity contribution < 1.29 is 22.9 Å². The molecule has 11 heteroatoms. The molecule has 0 aromatic rings. The molecular formula is C11H24N4O5P2. The van der Waals surface area contributed by atoms with Crippen LogP contribution in [0.5, 0.6) is 0 Å². The van der Waals surface area contributed by atoms with Crippen LogP contribution in [-0.4, -0.2) is 45.5 Å². The van der Waals surface area contributed by atoms with Crippen molar-refractivity contribution in [3.8, 4) is 0 Å². The van der Waals surface area contributed by atoms with Gasteiger partial charge >= 0.3 is 6.03 Å². The molecule has 9 nitrogen and oxygen atoms in total. The topological polar surface area (TPSA) is 130 Å². The van der Waals surface area contributed by atoms with Crippen molar-refractivity contribution in [3.63, 3.8) is 0 Å². The average Bonchev–Trinajstić information content (AvgIpc) is 2.51. The summed E-state index contributed by atoms with van der Waals surface area (Å²) in [6.07, 6.45) is 3.16. The van der Waals surface area contributed by atoms with Crippen molar-refractivity contribution in [2.75, 3.05) is 39.5 Å². The summed E-state index contributed by atoms with van der Waals surface area (Å²) in [5.41, 5.74) is 11.1. The van der Waals surface area contributed by atoms with E-state index in [2.05, 4.69) is 23.8 Å². The lowest BCUT2D eigenvalue weighted by molar-refractivity contribution is 0.227. The molecule has 2 amide bonds. The molecule has 0 aromatic carbocycles. The molecule has 0 spiro atoms. The summed E-state index contributed by atoms with van der Waals surface area (Å²) in [6, 6.07) is -0.339. The summed E-state index contributed by atoms with van der Waals surface area (Å²) in [5.74, 6) is 0. The Balaban J connectivity index is 3.43. The van der Waals surface area contributed by atoms with Crippen LogP contribution >= 0.6 is 17.1 Å². The number of urea groups is 1. The van der Waals surface area contributed by atoms with E-state index in [-0.39, 0.29) is 19.2 Å². The Kier molecular flexibility index (Phi) is 14.8. The highest BCUT2D eigenvalue weighted by atomic mass is 31.2. The number of hydrogen-bond donors (Lipinski definition) is 4. The van der Waals surface area contributed by atoms with Gasteiger partial charge in [0.25, 0.3) is 17.1 Å². The van der Waals surface area contributed by atoms with Gasteiger partial charge in [-0.3, -0.25) is 11.0 Å². The van der Waals surface area contributed by atoms with Crippen LogP contribution in [0.3, 0.4) is 0 Å². The highest BCUT2D eigenvalue weighted by molar-refractivity contribution is 7.44. The van der Waals surface area contributed by atoms with E-state index in [0.717, 1.165) is 0 Å².